The van der Waals surface area contributed by atoms with Crippen molar-refractivity contribution in [3.8, 4) is 0 Å². The zero-order chi connectivity index (χ0) is 14.3. The molecule has 0 amide bonds. The monoisotopic (exact) mass is 264 g/mol. The molecule has 3 heteroatoms. The molecule has 0 aromatic heterocycles. The van der Waals surface area contributed by atoms with Gasteiger partial charge in [0.05, 0.1) is 6.10 Å². The number of nitrogens with two attached hydrogens (primary N) is 1. The molecule has 0 saturated carbocycles. The Morgan fingerprint density at radius 2 is 1.79 bits per heavy atom. The Morgan fingerprint density at radius 3 is 2.32 bits per heavy atom. The van der Waals surface area contributed by atoms with Gasteiger partial charge in [-0.2, -0.15) is 0 Å². The van der Waals surface area contributed by atoms with Gasteiger partial charge in [-0.15, -0.1) is 0 Å². The molecule has 0 aliphatic carbocycles. The fourth-order valence-corrected chi connectivity index (χ4v) is 2.27. The standard InChI is InChI=1S/C16H28N2O/c1-4-18(11-13(2)3)12-16(19)15(17)10-14-8-6-5-7-9-14/h5-9,13,15-16,19H,4,10-12,17H2,1-3H3. The third-order valence-electron chi connectivity index (χ3n) is 3.32. The molecule has 3 N–H and O–H groups in total. The first-order chi connectivity index (χ1) is 9.02. The molecule has 0 bridgehead atoms. The van der Waals surface area contributed by atoms with Crippen LogP contribution in [0.15, 0.2) is 30.3 Å². The molecule has 0 radical (unpaired) electrons. The zero-order valence-corrected chi connectivity index (χ0v) is 12.4. The van der Waals surface area contributed by atoms with Crippen molar-refractivity contribution in [2.24, 2.45) is 11.7 Å². The van der Waals surface area contributed by atoms with Gasteiger partial charge in [0.25, 0.3) is 0 Å². The summed E-state index contributed by atoms with van der Waals surface area (Å²) < 4.78 is 0. The van der Waals surface area contributed by atoms with Gasteiger partial charge in [0.15, 0.2) is 0 Å². The van der Waals surface area contributed by atoms with Gasteiger partial charge in [-0.1, -0.05) is 51.1 Å². The highest BCUT2D eigenvalue weighted by molar-refractivity contribution is 5.16. The molecule has 1 rings (SSSR count). The largest absolute Gasteiger partial charge is 0.390 e. The number of aliphatic hydroxyl groups excluding tert-OH is 1. The van der Waals surface area contributed by atoms with E-state index in [0.29, 0.717) is 12.5 Å². The van der Waals surface area contributed by atoms with Crippen LogP contribution in [0.5, 0.6) is 0 Å². The molecule has 108 valence electrons. The first-order valence-electron chi connectivity index (χ1n) is 7.22. The van der Waals surface area contributed by atoms with E-state index in [1.807, 2.05) is 18.2 Å². The van der Waals surface area contributed by atoms with Crippen molar-refractivity contribution in [3.05, 3.63) is 35.9 Å². The normalized spacial score (nSPS) is 14.9. The molecule has 0 spiro atoms. The first kappa shape index (κ1) is 16.2. The lowest BCUT2D eigenvalue weighted by Gasteiger charge is -2.28. The predicted molar refractivity (Wildman–Crippen MR) is 81.1 cm³/mol. The van der Waals surface area contributed by atoms with Crippen molar-refractivity contribution in [2.45, 2.75) is 39.3 Å². The predicted octanol–water partition coefficient (Wildman–Crippen LogP) is 1.90. The summed E-state index contributed by atoms with van der Waals surface area (Å²) in [7, 11) is 0. The van der Waals surface area contributed by atoms with Crippen LogP contribution in [0.3, 0.4) is 0 Å². The Labute approximate surface area is 117 Å². The van der Waals surface area contributed by atoms with Crippen molar-refractivity contribution >= 4 is 0 Å². The second-order valence-electron chi connectivity index (χ2n) is 5.67. The SMILES string of the molecule is CCN(CC(C)C)CC(O)C(N)Cc1ccccc1. The molecular weight excluding hydrogens is 236 g/mol. The molecule has 0 heterocycles. The smallest absolute Gasteiger partial charge is 0.0820 e. The fourth-order valence-electron chi connectivity index (χ4n) is 2.27. The Morgan fingerprint density at radius 1 is 1.16 bits per heavy atom. The molecular formula is C16H28N2O. The highest BCUT2D eigenvalue weighted by Crippen LogP contribution is 2.07. The molecule has 0 saturated heterocycles. The molecule has 2 atom stereocenters. The van der Waals surface area contributed by atoms with Gasteiger partial charge in [-0.05, 0) is 24.4 Å². The lowest BCUT2D eigenvalue weighted by Crippen LogP contribution is -2.45. The molecule has 0 aliphatic rings. The summed E-state index contributed by atoms with van der Waals surface area (Å²) in [5.74, 6) is 0.609. The van der Waals surface area contributed by atoms with E-state index in [4.69, 9.17) is 5.73 Å². The van der Waals surface area contributed by atoms with Crippen LogP contribution < -0.4 is 5.73 Å². The molecule has 1 aromatic carbocycles. The summed E-state index contributed by atoms with van der Waals surface area (Å²) in [4.78, 5) is 2.26. The average Bonchev–Trinajstić information content (AvgIpc) is 2.38. The molecule has 3 nitrogen and oxygen atoms in total. The maximum absolute atomic E-state index is 10.2. The second-order valence-corrected chi connectivity index (χ2v) is 5.67. The van der Waals surface area contributed by atoms with Gasteiger partial charge >= 0.3 is 0 Å². The molecule has 19 heavy (non-hydrogen) atoms. The number of nitrogens with zero attached hydrogens (tertiary/aromatic N) is 1. The zero-order valence-electron chi connectivity index (χ0n) is 12.4. The lowest BCUT2D eigenvalue weighted by atomic mass is 10.0. The van der Waals surface area contributed by atoms with E-state index in [1.165, 1.54) is 5.56 Å². The number of rotatable bonds is 8. The van der Waals surface area contributed by atoms with Gasteiger partial charge in [-0.3, -0.25) is 0 Å². The summed E-state index contributed by atoms with van der Waals surface area (Å²) in [6.07, 6.45) is 0.250. The van der Waals surface area contributed by atoms with Gasteiger partial charge in [0.2, 0.25) is 0 Å². The summed E-state index contributed by atoms with van der Waals surface area (Å²) >= 11 is 0. The average molecular weight is 264 g/mol. The van der Waals surface area contributed by atoms with Gasteiger partial charge in [0.1, 0.15) is 0 Å². The van der Waals surface area contributed by atoms with Gasteiger partial charge in [0, 0.05) is 19.1 Å². The summed E-state index contributed by atoms with van der Waals surface area (Å²) in [5.41, 5.74) is 7.29. The Bertz CT molecular complexity index is 340. The minimum absolute atomic E-state index is 0.205. The van der Waals surface area contributed by atoms with Crippen molar-refractivity contribution in [2.75, 3.05) is 19.6 Å². The van der Waals surface area contributed by atoms with E-state index in [2.05, 4.69) is 37.8 Å². The lowest BCUT2D eigenvalue weighted by molar-refractivity contribution is 0.0879. The van der Waals surface area contributed by atoms with Crippen molar-refractivity contribution in [1.82, 2.24) is 4.90 Å². The maximum Gasteiger partial charge on any atom is 0.0820 e. The van der Waals surface area contributed by atoms with Crippen LogP contribution in [0.4, 0.5) is 0 Å². The topological polar surface area (TPSA) is 49.5 Å². The quantitative estimate of drug-likeness (QED) is 0.754. The van der Waals surface area contributed by atoms with Crippen LogP contribution in [-0.2, 0) is 6.42 Å². The third-order valence-corrected chi connectivity index (χ3v) is 3.32. The highest BCUT2D eigenvalue weighted by Gasteiger charge is 2.18. The molecule has 0 fully saturated rings. The van der Waals surface area contributed by atoms with E-state index < -0.39 is 6.10 Å². The van der Waals surface area contributed by atoms with E-state index in [9.17, 15) is 5.11 Å². The number of hydrogen-bond acceptors (Lipinski definition) is 3. The van der Waals surface area contributed by atoms with Crippen molar-refractivity contribution in [3.63, 3.8) is 0 Å². The molecule has 0 aliphatic heterocycles. The van der Waals surface area contributed by atoms with E-state index in [0.717, 1.165) is 19.5 Å². The first-order valence-corrected chi connectivity index (χ1v) is 7.22. The Kier molecular flexibility index (Phi) is 7.06. The van der Waals surface area contributed by atoms with E-state index in [-0.39, 0.29) is 6.04 Å². The van der Waals surface area contributed by atoms with Crippen molar-refractivity contribution in [1.29, 1.82) is 0 Å². The Balaban J connectivity index is 2.45. The van der Waals surface area contributed by atoms with Crippen LogP contribution >= 0.6 is 0 Å². The minimum Gasteiger partial charge on any atom is -0.390 e. The molecule has 2 unspecified atom stereocenters. The van der Waals surface area contributed by atoms with E-state index >= 15 is 0 Å². The summed E-state index contributed by atoms with van der Waals surface area (Å²) in [6.45, 7) is 9.12. The molecule has 1 aromatic rings. The number of likely N-dealkylation sites (N-methyl/N-ethyl adjacent to an activating group) is 1. The maximum atomic E-state index is 10.2. The highest BCUT2D eigenvalue weighted by atomic mass is 16.3. The van der Waals surface area contributed by atoms with Crippen LogP contribution in [0.2, 0.25) is 0 Å². The van der Waals surface area contributed by atoms with Crippen LogP contribution in [0.1, 0.15) is 26.3 Å². The Hall–Kier alpha value is -0.900. The number of hydrogen-bond donors (Lipinski definition) is 2. The second kappa shape index (κ2) is 8.31. The van der Waals surface area contributed by atoms with Crippen molar-refractivity contribution < 1.29 is 5.11 Å². The minimum atomic E-state index is -0.473. The third kappa shape index (κ3) is 6.19. The van der Waals surface area contributed by atoms with E-state index in [1.54, 1.807) is 0 Å². The fraction of sp³-hybridized carbons (Fsp3) is 0.625. The van der Waals surface area contributed by atoms with Crippen LogP contribution in [-0.4, -0.2) is 41.8 Å². The van der Waals surface area contributed by atoms with Gasteiger partial charge < -0.3 is 15.7 Å². The summed E-state index contributed by atoms with van der Waals surface area (Å²) in [5, 5.41) is 10.2. The van der Waals surface area contributed by atoms with Gasteiger partial charge in [-0.25, -0.2) is 0 Å². The summed E-state index contributed by atoms with van der Waals surface area (Å²) in [6, 6.07) is 9.91. The van der Waals surface area contributed by atoms with Crippen LogP contribution in [0.25, 0.3) is 0 Å². The number of benzene rings is 1. The van der Waals surface area contributed by atoms with Crippen LogP contribution in [0, 0.1) is 5.92 Å². The number of aliphatic hydroxyl groups is 1.